The molecular weight excluding hydrogens is 342 g/mol. The molecule has 2 N–H and O–H groups in total. The predicted molar refractivity (Wildman–Crippen MR) is 100.0 cm³/mol. The summed E-state index contributed by atoms with van der Waals surface area (Å²) < 4.78 is 5.75. The highest BCUT2D eigenvalue weighted by atomic mass is 35.5. The number of piperazine rings is 1. The largest absolute Gasteiger partial charge is 0.481 e. The number of carbonyl (C=O) groups excluding carboxylic acids is 2. The van der Waals surface area contributed by atoms with E-state index >= 15 is 0 Å². The van der Waals surface area contributed by atoms with Crippen LogP contribution in [0.15, 0.2) is 24.3 Å². The molecule has 1 heterocycles. The standard InChI is InChI=1S/C18H27N3O3.ClH/c1-4-15-5-7-16(8-6-15)24-14(3)18(23)21-11-9-20(10-12-21)17(22)13(2)19;/h5-8,13-14H,4,9-12,19H2,1-3H3;1H/t13-,14?;/m1./s1. The van der Waals surface area contributed by atoms with Gasteiger partial charge in [-0.05, 0) is 38.0 Å². The predicted octanol–water partition coefficient (Wildman–Crippen LogP) is 1.46. The number of nitrogens with zero attached hydrogens (tertiary/aromatic N) is 2. The number of hydrogen-bond donors (Lipinski definition) is 1. The first-order chi connectivity index (χ1) is 11.4. The first-order valence-corrected chi connectivity index (χ1v) is 8.51. The van der Waals surface area contributed by atoms with Gasteiger partial charge in [0.2, 0.25) is 5.91 Å². The number of halogens is 1. The molecule has 1 aliphatic rings. The number of hydrogen-bond acceptors (Lipinski definition) is 4. The van der Waals surface area contributed by atoms with Crippen LogP contribution in [0.25, 0.3) is 0 Å². The normalized spacial score (nSPS) is 16.6. The molecule has 0 saturated carbocycles. The van der Waals surface area contributed by atoms with Gasteiger partial charge in [0, 0.05) is 26.2 Å². The van der Waals surface area contributed by atoms with E-state index in [1.807, 2.05) is 24.3 Å². The molecule has 0 aromatic heterocycles. The van der Waals surface area contributed by atoms with Crippen molar-refractivity contribution in [2.45, 2.75) is 39.3 Å². The van der Waals surface area contributed by atoms with E-state index in [1.165, 1.54) is 5.56 Å². The topological polar surface area (TPSA) is 75.9 Å². The van der Waals surface area contributed by atoms with Gasteiger partial charge in [0.15, 0.2) is 6.10 Å². The SMILES string of the molecule is CCc1ccc(OC(C)C(=O)N2CCN(C(=O)[C@@H](C)N)CC2)cc1.Cl. The molecule has 0 radical (unpaired) electrons. The van der Waals surface area contributed by atoms with Gasteiger partial charge in [-0.1, -0.05) is 19.1 Å². The Morgan fingerprint density at radius 2 is 1.52 bits per heavy atom. The fraction of sp³-hybridized carbons (Fsp3) is 0.556. The number of rotatable bonds is 5. The highest BCUT2D eigenvalue weighted by Gasteiger charge is 2.28. The fourth-order valence-corrected chi connectivity index (χ4v) is 2.75. The number of benzene rings is 1. The molecule has 1 aromatic carbocycles. The quantitative estimate of drug-likeness (QED) is 0.852. The summed E-state index contributed by atoms with van der Waals surface area (Å²) in [4.78, 5) is 27.8. The summed E-state index contributed by atoms with van der Waals surface area (Å²) in [6.07, 6.45) is 0.423. The molecule has 2 atom stereocenters. The molecule has 6 nitrogen and oxygen atoms in total. The maximum atomic E-state index is 12.5. The van der Waals surface area contributed by atoms with Crippen molar-refractivity contribution >= 4 is 24.2 Å². The molecule has 140 valence electrons. The Bertz CT molecular complexity index is 569. The van der Waals surface area contributed by atoms with Crippen LogP contribution in [-0.2, 0) is 16.0 Å². The second kappa shape index (κ2) is 9.63. The van der Waals surface area contributed by atoms with E-state index in [4.69, 9.17) is 10.5 Å². The number of aryl methyl sites for hydroxylation is 1. The second-order valence-electron chi connectivity index (χ2n) is 6.20. The summed E-state index contributed by atoms with van der Waals surface area (Å²) >= 11 is 0. The Kier molecular flexibility index (Phi) is 8.19. The number of ether oxygens (including phenoxy) is 1. The average molecular weight is 370 g/mol. The third-order valence-electron chi connectivity index (χ3n) is 4.28. The smallest absolute Gasteiger partial charge is 0.263 e. The minimum Gasteiger partial charge on any atom is -0.481 e. The fourth-order valence-electron chi connectivity index (χ4n) is 2.75. The third-order valence-corrected chi connectivity index (χ3v) is 4.28. The van der Waals surface area contributed by atoms with E-state index in [0.717, 1.165) is 6.42 Å². The molecular formula is C18H28ClN3O3. The van der Waals surface area contributed by atoms with Gasteiger partial charge in [-0.15, -0.1) is 12.4 Å². The Labute approximate surface area is 155 Å². The first-order valence-electron chi connectivity index (χ1n) is 8.51. The first kappa shape index (κ1) is 21.3. The van der Waals surface area contributed by atoms with Crippen LogP contribution >= 0.6 is 12.4 Å². The van der Waals surface area contributed by atoms with Crippen LogP contribution in [0.2, 0.25) is 0 Å². The van der Waals surface area contributed by atoms with Crippen molar-refractivity contribution in [3.8, 4) is 5.75 Å². The molecule has 7 heteroatoms. The van der Waals surface area contributed by atoms with Gasteiger partial charge in [0.05, 0.1) is 6.04 Å². The minimum absolute atomic E-state index is 0. The highest BCUT2D eigenvalue weighted by Crippen LogP contribution is 2.15. The van der Waals surface area contributed by atoms with Crippen molar-refractivity contribution in [2.75, 3.05) is 26.2 Å². The summed E-state index contributed by atoms with van der Waals surface area (Å²) in [5.74, 6) is 0.573. The summed E-state index contributed by atoms with van der Waals surface area (Å²) in [5, 5.41) is 0. The zero-order valence-electron chi connectivity index (χ0n) is 15.1. The van der Waals surface area contributed by atoms with Crippen LogP contribution in [0, 0.1) is 0 Å². The van der Waals surface area contributed by atoms with Crippen molar-refractivity contribution in [3.05, 3.63) is 29.8 Å². The molecule has 2 amide bonds. The van der Waals surface area contributed by atoms with Gasteiger partial charge in [-0.2, -0.15) is 0 Å². The molecule has 1 unspecified atom stereocenters. The Balaban J connectivity index is 0.00000312. The maximum absolute atomic E-state index is 12.5. The molecule has 0 spiro atoms. The van der Waals surface area contributed by atoms with Gasteiger partial charge in [0.25, 0.3) is 5.91 Å². The lowest BCUT2D eigenvalue weighted by Crippen LogP contribution is -2.55. The molecule has 25 heavy (non-hydrogen) atoms. The molecule has 0 aliphatic carbocycles. The monoisotopic (exact) mass is 369 g/mol. The van der Waals surface area contributed by atoms with Crippen molar-refractivity contribution < 1.29 is 14.3 Å². The van der Waals surface area contributed by atoms with Crippen molar-refractivity contribution in [2.24, 2.45) is 5.73 Å². The molecule has 1 fully saturated rings. The van der Waals surface area contributed by atoms with E-state index in [0.29, 0.717) is 31.9 Å². The van der Waals surface area contributed by atoms with Gasteiger partial charge < -0.3 is 20.3 Å². The van der Waals surface area contributed by atoms with Crippen molar-refractivity contribution in [1.29, 1.82) is 0 Å². The van der Waals surface area contributed by atoms with E-state index < -0.39 is 12.1 Å². The van der Waals surface area contributed by atoms with Crippen LogP contribution < -0.4 is 10.5 Å². The van der Waals surface area contributed by atoms with Gasteiger partial charge in [-0.25, -0.2) is 0 Å². The molecule has 1 aromatic rings. The Hall–Kier alpha value is -1.79. The van der Waals surface area contributed by atoms with Crippen LogP contribution in [0.5, 0.6) is 5.75 Å². The van der Waals surface area contributed by atoms with Crippen LogP contribution in [0.1, 0.15) is 26.3 Å². The zero-order valence-corrected chi connectivity index (χ0v) is 15.9. The number of carbonyl (C=O) groups is 2. The lowest BCUT2D eigenvalue weighted by Gasteiger charge is -2.36. The second-order valence-corrected chi connectivity index (χ2v) is 6.20. The zero-order chi connectivity index (χ0) is 17.7. The summed E-state index contributed by atoms with van der Waals surface area (Å²) in [7, 11) is 0. The van der Waals surface area contributed by atoms with Gasteiger partial charge >= 0.3 is 0 Å². The lowest BCUT2D eigenvalue weighted by molar-refractivity contribution is -0.144. The summed E-state index contributed by atoms with van der Waals surface area (Å²) in [6.45, 7) is 7.60. The molecule has 1 saturated heterocycles. The van der Waals surface area contributed by atoms with E-state index in [9.17, 15) is 9.59 Å². The minimum atomic E-state index is -0.548. The van der Waals surface area contributed by atoms with E-state index in [1.54, 1.807) is 23.6 Å². The lowest BCUT2D eigenvalue weighted by atomic mass is 10.2. The average Bonchev–Trinajstić information content (AvgIpc) is 2.61. The van der Waals surface area contributed by atoms with Crippen molar-refractivity contribution in [3.63, 3.8) is 0 Å². The Morgan fingerprint density at radius 1 is 1.04 bits per heavy atom. The number of nitrogens with two attached hydrogens (primary N) is 1. The van der Waals surface area contributed by atoms with Crippen LogP contribution in [-0.4, -0.2) is 59.9 Å². The van der Waals surface area contributed by atoms with E-state index in [2.05, 4.69) is 6.92 Å². The Morgan fingerprint density at radius 3 is 1.96 bits per heavy atom. The van der Waals surface area contributed by atoms with Gasteiger partial charge in [0.1, 0.15) is 5.75 Å². The number of amides is 2. The third kappa shape index (κ3) is 5.61. The molecule has 0 bridgehead atoms. The van der Waals surface area contributed by atoms with Gasteiger partial charge in [-0.3, -0.25) is 9.59 Å². The van der Waals surface area contributed by atoms with E-state index in [-0.39, 0.29) is 24.2 Å². The summed E-state index contributed by atoms with van der Waals surface area (Å²) in [5.41, 5.74) is 6.86. The highest BCUT2D eigenvalue weighted by molar-refractivity contribution is 5.85. The van der Waals surface area contributed by atoms with Crippen molar-refractivity contribution in [1.82, 2.24) is 9.80 Å². The summed E-state index contributed by atoms with van der Waals surface area (Å²) in [6, 6.07) is 7.29. The van der Waals surface area contributed by atoms with Crippen LogP contribution in [0.4, 0.5) is 0 Å². The molecule has 1 aliphatic heterocycles. The molecule has 2 rings (SSSR count). The maximum Gasteiger partial charge on any atom is 0.263 e. The van der Waals surface area contributed by atoms with Crippen LogP contribution in [0.3, 0.4) is 0 Å².